The Kier molecular flexibility index (Phi) is 13.7. The third-order valence-electron chi connectivity index (χ3n) is 22.0. The molecule has 12 rings (SSSR count). The fourth-order valence-corrected chi connectivity index (χ4v) is 19.4. The number of aliphatic hydroxyl groups is 2. The van der Waals surface area contributed by atoms with Crippen molar-refractivity contribution in [2.45, 2.75) is 191 Å². The first-order valence-corrected chi connectivity index (χ1v) is 23.6. The summed E-state index contributed by atoms with van der Waals surface area (Å²) in [5.74, 6) is 14.7. The van der Waals surface area contributed by atoms with Gasteiger partial charge in [0.25, 0.3) is 0 Å². The van der Waals surface area contributed by atoms with Gasteiger partial charge in [-0.25, -0.2) is 0 Å². The van der Waals surface area contributed by atoms with Crippen LogP contribution in [-0.2, 0) is 9.59 Å². The zero-order valence-corrected chi connectivity index (χ0v) is 40.5. The van der Waals surface area contributed by atoms with Crippen molar-refractivity contribution >= 4 is 34.6 Å². The fraction of sp³-hybridized carbons (Fsp3) is 0.942. The molecule has 0 aromatic heterocycles. The van der Waals surface area contributed by atoms with E-state index in [0.29, 0.717) is 11.6 Å². The van der Waals surface area contributed by atoms with Crippen LogP contribution < -0.4 is 12.4 Å². The summed E-state index contributed by atoms with van der Waals surface area (Å²) in [6.45, 7) is 22.8. The average Bonchev–Trinajstić information content (AvgIpc) is 3.91. The second-order valence-corrected chi connectivity index (χ2v) is 24.9. The van der Waals surface area contributed by atoms with Gasteiger partial charge in [-0.05, 0) is 196 Å². The molecule has 58 heavy (non-hydrogen) atoms. The molecule has 0 aromatic rings. The van der Waals surface area contributed by atoms with Crippen molar-refractivity contribution in [2.24, 2.45) is 116 Å². The van der Waals surface area contributed by atoms with E-state index in [1.54, 1.807) is 0 Å². The Morgan fingerprint density at radius 3 is 1.50 bits per heavy atom. The minimum atomic E-state index is -0.378. The number of hydrogen-bond donors (Lipinski definition) is 2. The predicted octanol–water partition coefficient (Wildman–Crippen LogP) is 8.66. The molecule has 0 aromatic carbocycles. The van der Waals surface area contributed by atoms with Crippen LogP contribution in [0, 0.1) is 124 Å². The number of ketones is 2. The average molecular weight is 836 g/mol. The van der Waals surface area contributed by atoms with Crippen LogP contribution >= 0.6 is 0 Å². The molecule has 12 aliphatic rings. The normalized spacial score (nSPS) is 58.2. The Balaban J connectivity index is 0.000000144. The third kappa shape index (κ3) is 6.88. The molecule has 0 heterocycles. The number of carbonyl (C=O) groups excluding carboxylic acids is 2. The Bertz CT molecular complexity index is 1540. The molecule has 0 aliphatic heterocycles. The van der Waals surface area contributed by atoms with Gasteiger partial charge in [0.05, 0.1) is 11.2 Å². The van der Waals surface area contributed by atoms with Gasteiger partial charge in [0, 0.05) is 23.7 Å². The molecular formula is C52H87ClMgO4. The molecule has 0 radical (unpaired) electrons. The second-order valence-electron chi connectivity index (χ2n) is 24.9. The topological polar surface area (TPSA) is 74.6 Å². The van der Waals surface area contributed by atoms with Gasteiger partial charge in [0.2, 0.25) is 0 Å². The van der Waals surface area contributed by atoms with Gasteiger partial charge in [0.15, 0.2) is 0 Å². The molecular weight excluding hydrogens is 748 g/mol. The van der Waals surface area contributed by atoms with Crippen LogP contribution in [0.4, 0.5) is 0 Å². The largest absolute Gasteiger partial charge is 2.00 e. The number of fused-ring (bicyclic) bond motifs is 20. The van der Waals surface area contributed by atoms with E-state index in [-0.39, 0.29) is 83.2 Å². The maximum absolute atomic E-state index is 11.8. The summed E-state index contributed by atoms with van der Waals surface area (Å²) < 4.78 is 0. The van der Waals surface area contributed by atoms with E-state index in [2.05, 4.69) is 69.2 Å². The number of halogens is 1. The zero-order chi connectivity index (χ0) is 38.7. The number of hydrogen-bond acceptors (Lipinski definition) is 4. The third-order valence-corrected chi connectivity index (χ3v) is 22.0. The zero-order valence-electron chi connectivity index (χ0n) is 38.3. The van der Waals surface area contributed by atoms with Gasteiger partial charge in [-0.2, -0.15) is 0 Å². The predicted molar refractivity (Wildman–Crippen MR) is 235 cm³/mol. The molecule has 12 aliphatic carbocycles. The van der Waals surface area contributed by atoms with Crippen molar-refractivity contribution in [2.75, 3.05) is 0 Å². The molecule has 12 fully saturated rings. The van der Waals surface area contributed by atoms with Crippen molar-refractivity contribution in [3.63, 3.8) is 0 Å². The molecule has 6 heteroatoms. The molecule has 4 nitrogen and oxygen atoms in total. The molecule has 2 N–H and O–H groups in total. The van der Waals surface area contributed by atoms with Gasteiger partial charge in [-0.1, -0.05) is 75.7 Å². The fourth-order valence-electron chi connectivity index (χ4n) is 19.4. The van der Waals surface area contributed by atoms with Crippen LogP contribution in [0.15, 0.2) is 0 Å². The van der Waals surface area contributed by atoms with Gasteiger partial charge in [-0.15, -0.1) is 0 Å². The maximum Gasteiger partial charge on any atom is 2.00 e. The first-order chi connectivity index (χ1) is 25.1. The molecule has 8 bridgehead atoms. The Morgan fingerprint density at radius 1 is 0.500 bits per heavy atom. The van der Waals surface area contributed by atoms with Crippen molar-refractivity contribution in [1.82, 2.24) is 0 Å². The summed E-state index contributed by atoms with van der Waals surface area (Å²) >= 11 is 0. The van der Waals surface area contributed by atoms with Crippen molar-refractivity contribution in [3.8, 4) is 0 Å². The van der Waals surface area contributed by atoms with Crippen LogP contribution in [0.3, 0.4) is 0 Å². The van der Waals surface area contributed by atoms with E-state index in [9.17, 15) is 19.8 Å². The van der Waals surface area contributed by atoms with Crippen LogP contribution in [0.25, 0.3) is 0 Å². The van der Waals surface area contributed by atoms with E-state index in [1.165, 1.54) is 77.0 Å². The van der Waals surface area contributed by atoms with Crippen molar-refractivity contribution < 1.29 is 32.2 Å². The van der Waals surface area contributed by atoms with E-state index < -0.39 is 0 Å². The summed E-state index contributed by atoms with van der Waals surface area (Å²) in [7, 11) is 0. The summed E-state index contributed by atoms with van der Waals surface area (Å²) in [5.41, 5.74) is -0.0585. The number of carbonyl (C=O) groups is 2. The molecule has 22 unspecified atom stereocenters. The van der Waals surface area contributed by atoms with Gasteiger partial charge < -0.3 is 30.0 Å². The quantitative estimate of drug-likeness (QED) is 0.189. The molecule has 0 spiro atoms. The second kappa shape index (κ2) is 16.1. The van der Waals surface area contributed by atoms with Crippen LogP contribution in [0.2, 0.25) is 0 Å². The monoisotopic (exact) mass is 835 g/mol. The van der Waals surface area contributed by atoms with Crippen molar-refractivity contribution in [1.29, 1.82) is 0 Å². The van der Waals surface area contributed by atoms with Gasteiger partial charge in [-0.3, -0.25) is 9.59 Å². The van der Waals surface area contributed by atoms with Crippen LogP contribution in [-0.4, -0.2) is 56.0 Å². The number of rotatable bonds is 0. The molecule has 12 saturated carbocycles. The van der Waals surface area contributed by atoms with Crippen LogP contribution in [0.1, 0.15) is 179 Å². The summed E-state index contributed by atoms with van der Waals surface area (Å²) in [6.07, 6.45) is 20.1. The molecule has 0 saturated heterocycles. The van der Waals surface area contributed by atoms with E-state index in [0.717, 1.165) is 120 Å². The van der Waals surface area contributed by atoms with Gasteiger partial charge in [0.1, 0.15) is 11.6 Å². The minimum absolute atomic E-state index is 0. The van der Waals surface area contributed by atoms with Gasteiger partial charge >= 0.3 is 23.1 Å². The SMILES string of the molecule is C.CC1CC2C3CC(=O)C(C)(C3)C2C1.CC1CC2C3CC(C)(O)C(C)(C3)C2C1.CC1CCC2C3CC(=O)C(C)(C3)C12.CC1CCC2C3CC(C)(O)C(C)(C3)C12.[CH3-].[Cl-].[Mg+2]. The molecule has 0 amide bonds. The summed E-state index contributed by atoms with van der Waals surface area (Å²) in [6, 6.07) is 0. The van der Waals surface area contributed by atoms with E-state index >= 15 is 0 Å². The van der Waals surface area contributed by atoms with Crippen molar-refractivity contribution in [3.05, 3.63) is 7.43 Å². The standard InChI is InChI=1S/2C13H22O.2C12H18O.CH4.CH3.ClH.Mg/c1-8-4-10-9-6-12(2,11(10)5-8)13(3,14)7-9;1-8-4-5-10-9-6-12(2,11(8)10)13(3,14)7-9;1-7-3-9-8-5-11(13)12(2,6-8)10(9)4-7;1-7-3-4-9-8-5-10(13)12(2,6-8)11(7)9;;;;/h2*8-11,14H,4-7H2,1-3H3;7-10H,3-6H2,1-2H3;7-9,11H,3-6H2,1-2H3;1H4;1H3;1H;/q;;;;;-1;;+2/p-1. The Morgan fingerprint density at radius 2 is 0.914 bits per heavy atom. The van der Waals surface area contributed by atoms with E-state index in [1.807, 2.05) is 0 Å². The molecule has 328 valence electrons. The number of Topliss-reactive ketones (excluding diaryl/α,β-unsaturated/α-hetero) is 2. The smallest absolute Gasteiger partial charge is 1.00 e. The summed E-state index contributed by atoms with van der Waals surface area (Å²) in [5, 5.41) is 21.0. The van der Waals surface area contributed by atoms with Crippen LogP contribution in [0.5, 0.6) is 0 Å². The first-order valence-electron chi connectivity index (χ1n) is 23.6. The minimum Gasteiger partial charge on any atom is -1.00 e. The Labute approximate surface area is 379 Å². The first kappa shape index (κ1) is 49.3. The summed E-state index contributed by atoms with van der Waals surface area (Å²) in [4.78, 5) is 23.7. The molecule has 22 atom stereocenters. The van der Waals surface area contributed by atoms with E-state index in [4.69, 9.17) is 0 Å². The Hall–Kier alpha value is 0.316. The maximum atomic E-state index is 11.8.